The third-order valence-corrected chi connectivity index (χ3v) is 2.25. The summed E-state index contributed by atoms with van der Waals surface area (Å²) in [6.07, 6.45) is 0.938. The summed E-state index contributed by atoms with van der Waals surface area (Å²) >= 11 is 0. The van der Waals surface area contributed by atoms with Crippen molar-refractivity contribution in [1.82, 2.24) is 9.97 Å². The zero-order valence-electron chi connectivity index (χ0n) is 8.91. The Hall–Kier alpha value is -1.84. The molecule has 0 radical (unpaired) electrons. The highest BCUT2D eigenvalue weighted by Gasteiger charge is 1.99. The molecule has 0 atom stereocenters. The van der Waals surface area contributed by atoms with Crippen LogP contribution < -0.4 is 5.43 Å². The number of anilines is 1. The van der Waals surface area contributed by atoms with E-state index in [1.807, 2.05) is 31.2 Å². The number of rotatable bonds is 3. The van der Waals surface area contributed by atoms with Gasteiger partial charge in [0.05, 0.1) is 11.0 Å². The molecule has 0 fully saturated rings. The van der Waals surface area contributed by atoms with E-state index in [1.165, 1.54) is 0 Å². The number of imidazole rings is 1. The van der Waals surface area contributed by atoms with E-state index in [2.05, 4.69) is 27.4 Å². The van der Waals surface area contributed by atoms with Crippen LogP contribution in [0.25, 0.3) is 11.0 Å². The first-order chi connectivity index (χ1) is 7.29. The Bertz CT molecular complexity index is 451. The van der Waals surface area contributed by atoms with Crippen molar-refractivity contribution in [1.29, 1.82) is 0 Å². The maximum Gasteiger partial charge on any atom is 0.222 e. The predicted octanol–water partition coefficient (Wildman–Crippen LogP) is 2.76. The Morgan fingerprint density at radius 1 is 1.47 bits per heavy atom. The van der Waals surface area contributed by atoms with E-state index >= 15 is 0 Å². The summed E-state index contributed by atoms with van der Waals surface area (Å²) in [7, 11) is 0. The van der Waals surface area contributed by atoms with Crippen molar-refractivity contribution in [2.24, 2.45) is 5.10 Å². The number of aromatic nitrogens is 2. The average Bonchev–Trinajstić information content (AvgIpc) is 2.68. The second kappa shape index (κ2) is 4.13. The summed E-state index contributed by atoms with van der Waals surface area (Å²) in [5, 5.41) is 4.18. The maximum absolute atomic E-state index is 4.35. The fourth-order valence-corrected chi connectivity index (χ4v) is 1.23. The molecule has 1 aromatic carbocycles. The summed E-state index contributed by atoms with van der Waals surface area (Å²) in [4.78, 5) is 7.49. The third kappa shape index (κ3) is 2.15. The van der Waals surface area contributed by atoms with Gasteiger partial charge in [0.1, 0.15) is 0 Å². The first-order valence-electron chi connectivity index (χ1n) is 5.03. The molecule has 2 rings (SSSR count). The van der Waals surface area contributed by atoms with E-state index in [0.29, 0.717) is 5.95 Å². The highest BCUT2D eigenvalue weighted by Crippen LogP contribution is 2.12. The second-order valence-electron chi connectivity index (χ2n) is 3.41. The molecule has 78 valence electrons. The number of fused-ring (bicyclic) bond motifs is 1. The lowest BCUT2D eigenvalue weighted by molar-refractivity contribution is 1.16. The molecule has 0 aliphatic carbocycles. The van der Waals surface area contributed by atoms with Gasteiger partial charge in [-0.1, -0.05) is 19.1 Å². The number of hydrogen-bond acceptors (Lipinski definition) is 3. The number of hydrogen-bond donors (Lipinski definition) is 2. The Kier molecular flexibility index (Phi) is 2.67. The molecule has 1 aromatic heterocycles. The SMILES string of the molecule is CC/C(C)=N\Nc1nc2ccccc2[nH]1. The molecular formula is C11H14N4. The van der Waals surface area contributed by atoms with Crippen LogP contribution in [0.15, 0.2) is 29.4 Å². The summed E-state index contributed by atoms with van der Waals surface area (Å²) in [5.41, 5.74) is 5.92. The fourth-order valence-electron chi connectivity index (χ4n) is 1.23. The van der Waals surface area contributed by atoms with Gasteiger partial charge in [0.15, 0.2) is 0 Å². The van der Waals surface area contributed by atoms with Gasteiger partial charge in [-0.15, -0.1) is 0 Å². The zero-order valence-corrected chi connectivity index (χ0v) is 8.91. The number of H-pyrrole nitrogens is 1. The van der Waals surface area contributed by atoms with Crippen LogP contribution in [0.4, 0.5) is 5.95 Å². The third-order valence-electron chi connectivity index (χ3n) is 2.25. The minimum atomic E-state index is 0.684. The normalized spacial score (nSPS) is 12.0. The number of nitrogens with one attached hydrogen (secondary N) is 2. The number of nitrogens with zero attached hydrogens (tertiary/aromatic N) is 2. The summed E-state index contributed by atoms with van der Waals surface area (Å²) in [6, 6.07) is 7.90. The Labute approximate surface area is 88.4 Å². The summed E-state index contributed by atoms with van der Waals surface area (Å²) < 4.78 is 0. The van der Waals surface area contributed by atoms with Crippen molar-refractivity contribution < 1.29 is 0 Å². The van der Waals surface area contributed by atoms with Crippen LogP contribution in [0.2, 0.25) is 0 Å². The lowest BCUT2D eigenvalue weighted by Crippen LogP contribution is -1.96. The lowest BCUT2D eigenvalue weighted by atomic mass is 10.3. The van der Waals surface area contributed by atoms with Crippen molar-refractivity contribution >= 4 is 22.7 Å². The van der Waals surface area contributed by atoms with Gasteiger partial charge in [0, 0.05) is 5.71 Å². The monoisotopic (exact) mass is 202 g/mol. The van der Waals surface area contributed by atoms with Crippen molar-refractivity contribution in [3.05, 3.63) is 24.3 Å². The van der Waals surface area contributed by atoms with Gasteiger partial charge in [-0.2, -0.15) is 5.10 Å². The standard InChI is InChI=1S/C11H14N4/c1-3-8(2)14-15-11-12-9-6-4-5-7-10(9)13-11/h4-7H,3H2,1-2H3,(H2,12,13,15)/b14-8-. The van der Waals surface area contributed by atoms with Crippen LogP contribution in [0, 0.1) is 0 Å². The van der Waals surface area contributed by atoms with Crippen LogP contribution in [0.3, 0.4) is 0 Å². The van der Waals surface area contributed by atoms with Gasteiger partial charge in [-0.25, -0.2) is 10.4 Å². The molecule has 2 aromatic rings. The van der Waals surface area contributed by atoms with Crippen LogP contribution in [0.1, 0.15) is 20.3 Å². The number of aromatic amines is 1. The van der Waals surface area contributed by atoms with E-state index in [4.69, 9.17) is 0 Å². The predicted molar refractivity (Wildman–Crippen MR) is 63.1 cm³/mol. The first kappa shape index (κ1) is 9.71. The molecule has 2 N–H and O–H groups in total. The maximum atomic E-state index is 4.35. The topological polar surface area (TPSA) is 53.1 Å². The molecule has 15 heavy (non-hydrogen) atoms. The molecule has 4 nitrogen and oxygen atoms in total. The van der Waals surface area contributed by atoms with Crippen molar-refractivity contribution in [2.75, 3.05) is 5.43 Å². The average molecular weight is 202 g/mol. The van der Waals surface area contributed by atoms with E-state index in [-0.39, 0.29) is 0 Å². The van der Waals surface area contributed by atoms with Gasteiger partial charge in [0.25, 0.3) is 0 Å². The zero-order chi connectivity index (χ0) is 10.7. The molecule has 0 saturated carbocycles. The molecule has 0 aliphatic rings. The van der Waals surface area contributed by atoms with E-state index in [1.54, 1.807) is 0 Å². The highest BCUT2D eigenvalue weighted by molar-refractivity contribution is 5.82. The Balaban J connectivity index is 2.22. The molecule has 0 spiro atoms. The minimum Gasteiger partial charge on any atom is -0.323 e. The van der Waals surface area contributed by atoms with Gasteiger partial charge in [-0.05, 0) is 25.5 Å². The Morgan fingerprint density at radius 2 is 2.27 bits per heavy atom. The minimum absolute atomic E-state index is 0.684. The molecule has 0 amide bonds. The van der Waals surface area contributed by atoms with E-state index in [0.717, 1.165) is 23.2 Å². The Morgan fingerprint density at radius 3 is 3.00 bits per heavy atom. The van der Waals surface area contributed by atoms with Gasteiger partial charge in [0.2, 0.25) is 5.95 Å². The largest absolute Gasteiger partial charge is 0.323 e. The molecule has 4 heteroatoms. The van der Waals surface area contributed by atoms with Crippen molar-refractivity contribution in [3.63, 3.8) is 0 Å². The molecule has 1 heterocycles. The van der Waals surface area contributed by atoms with Gasteiger partial charge >= 0.3 is 0 Å². The van der Waals surface area contributed by atoms with Gasteiger partial charge in [-0.3, -0.25) is 0 Å². The fraction of sp³-hybridized carbons (Fsp3) is 0.273. The lowest BCUT2D eigenvalue weighted by Gasteiger charge is -1.95. The second-order valence-corrected chi connectivity index (χ2v) is 3.41. The van der Waals surface area contributed by atoms with Gasteiger partial charge < -0.3 is 4.98 Å². The smallest absolute Gasteiger partial charge is 0.222 e. The van der Waals surface area contributed by atoms with Crippen molar-refractivity contribution in [3.8, 4) is 0 Å². The molecule has 0 saturated heterocycles. The van der Waals surface area contributed by atoms with Crippen LogP contribution >= 0.6 is 0 Å². The highest BCUT2D eigenvalue weighted by atomic mass is 15.4. The van der Waals surface area contributed by atoms with E-state index in [9.17, 15) is 0 Å². The molecule has 0 aliphatic heterocycles. The van der Waals surface area contributed by atoms with Crippen LogP contribution in [0.5, 0.6) is 0 Å². The molecule has 0 bridgehead atoms. The molecule has 0 unspecified atom stereocenters. The summed E-state index contributed by atoms with van der Waals surface area (Å²) in [6.45, 7) is 4.05. The van der Waals surface area contributed by atoms with Crippen molar-refractivity contribution in [2.45, 2.75) is 20.3 Å². The number of benzene rings is 1. The first-order valence-corrected chi connectivity index (χ1v) is 5.03. The van der Waals surface area contributed by atoms with Crippen LogP contribution in [-0.2, 0) is 0 Å². The number of hydrazone groups is 1. The molecular weight excluding hydrogens is 188 g/mol. The quantitative estimate of drug-likeness (QED) is 0.594. The van der Waals surface area contributed by atoms with Crippen LogP contribution in [-0.4, -0.2) is 15.7 Å². The van der Waals surface area contributed by atoms with E-state index < -0.39 is 0 Å². The number of para-hydroxylation sites is 2. The summed E-state index contributed by atoms with van der Waals surface area (Å²) in [5.74, 6) is 0.684.